The number of aromatic nitrogens is 1. The van der Waals surface area contributed by atoms with Gasteiger partial charge in [0.1, 0.15) is 0 Å². The minimum absolute atomic E-state index is 0.683. The largest absolute Gasteiger partial charge is 0.354 e. The first-order valence-electron chi connectivity index (χ1n) is 6.22. The number of hydrogen-bond donors (Lipinski definition) is 1. The fourth-order valence-electron chi connectivity index (χ4n) is 2.15. The van der Waals surface area contributed by atoms with Crippen LogP contribution < -0.4 is 5.32 Å². The first-order chi connectivity index (χ1) is 9.66. The van der Waals surface area contributed by atoms with Gasteiger partial charge in [-0.2, -0.15) is 0 Å². The first-order valence-corrected chi connectivity index (χ1v) is 6.98. The molecule has 0 atom stereocenters. The van der Waals surface area contributed by atoms with E-state index in [4.69, 9.17) is 23.2 Å². The SMILES string of the molecule is Cc1c(Cl)ccc2c(Nc3ccccc3Cl)ccnc12. The number of para-hydroxylation sites is 1. The van der Waals surface area contributed by atoms with Gasteiger partial charge < -0.3 is 5.32 Å². The van der Waals surface area contributed by atoms with Gasteiger partial charge in [0.2, 0.25) is 0 Å². The first kappa shape index (κ1) is 13.2. The summed E-state index contributed by atoms with van der Waals surface area (Å²) in [7, 11) is 0. The topological polar surface area (TPSA) is 24.9 Å². The normalized spacial score (nSPS) is 10.8. The number of halogens is 2. The maximum atomic E-state index is 6.18. The predicted octanol–water partition coefficient (Wildman–Crippen LogP) is 5.59. The lowest BCUT2D eigenvalue weighted by Crippen LogP contribution is -1.94. The molecule has 1 heterocycles. The summed E-state index contributed by atoms with van der Waals surface area (Å²) in [6.45, 7) is 1.97. The molecule has 20 heavy (non-hydrogen) atoms. The van der Waals surface area contributed by atoms with Gasteiger partial charge in [0.05, 0.1) is 16.2 Å². The zero-order valence-corrected chi connectivity index (χ0v) is 12.3. The van der Waals surface area contributed by atoms with Gasteiger partial charge in [-0.1, -0.05) is 35.3 Å². The van der Waals surface area contributed by atoms with Crippen LogP contribution in [0.25, 0.3) is 10.9 Å². The lowest BCUT2D eigenvalue weighted by Gasteiger charge is -2.12. The summed E-state index contributed by atoms with van der Waals surface area (Å²) < 4.78 is 0. The van der Waals surface area contributed by atoms with Crippen LogP contribution in [0.1, 0.15) is 5.56 Å². The standard InChI is InChI=1S/C16H12Cl2N2/c1-10-12(17)7-6-11-14(8-9-19-16(10)11)20-15-5-3-2-4-13(15)18/h2-9H,1H3,(H,19,20). The Bertz CT molecular complexity index is 785. The second-order valence-electron chi connectivity index (χ2n) is 4.53. The summed E-state index contributed by atoms with van der Waals surface area (Å²) >= 11 is 12.3. The molecule has 4 heteroatoms. The molecule has 0 saturated carbocycles. The molecule has 0 amide bonds. The van der Waals surface area contributed by atoms with E-state index in [1.165, 1.54) is 0 Å². The number of nitrogens with one attached hydrogen (secondary N) is 1. The maximum absolute atomic E-state index is 6.18. The number of hydrogen-bond acceptors (Lipinski definition) is 2. The highest BCUT2D eigenvalue weighted by molar-refractivity contribution is 6.33. The van der Waals surface area contributed by atoms with Crippen LogP contribution in [0.2, 0.25) is 10.0 Å². The summed E-state index contributed by atoms with van der Waals surface area (Å²) in [6.07, 6.45) is 1.77. The maximum Gasteiger partial charge on any atom is 0.0766 e. The summed E-state index contributed by atoms with van der Waals surface area (Å²) in [5.41, 5.74) is 3.71. The van der Waals surface area contributed by atoms with Gasteiger partial charge in [-0.3, -0.25) is 4.98 Å². The van der Waals surface area contributed by atoms with E-state index >= 15 is 0 Å². The zero-order valence-electron chi connectivity index (χ0n) is 10.8. The number of fused-ring (bicyclic) bond motifs is 1. The summed E-state index contributed by atoms with van der Waals surface area (Å²) in [5.74, 6) is 0. The third kappa shape index (κ3) is 2.33. The average molecular weight is 303 g/mol. The van der Waals surface area contributed by atoms with E-state index in [0.29, 0.717) is 5.02 Å². The molecule has 100 valence electrons. The van der Waals surface area contributed by atoms with Gasteiger partial charge in [-0.25, -0.2) is 0 Å². The summed E-state index contributed by atoms with van der Waals surface area (Å²) in [6, 6.07) is 13.4. The highest BCUT2D eigenvalue weighted by atomic mass is 35.5. The molecule has 0 aliphatic heterocycles. The van der Waals surface area contributed by atoms with E-state index in [1.807, 2.05) is 49.4 Å². The molecule has 0 bridgehead atoms. The van der Waals surface area contributed by atoms with Crippen LogP contribution in [-0.2, 0) is 0 Å². The van der Waals surface area contributed by atoms with Gasteiger partial charge in [0.15, 0.2) is 0 Å². The lowest BCUT2D eigenvalue weighted by atomic mass is 10.1. The molecule has 2 aromatic carbocycles. The highest BCUT2D eigenvalue weighted by Crippen LogP contribution is 2.32. The van der Waals surface area contributed by atoms with Crippen molar-refractivity contribution in [1.29, 1.82) is 0 Å². The Morgan fingerprint density at radius 1 is 0.900 bits per heavy atom. The van der Waals surface area contributed by atoms with Crippen molar-refractivity contribution in [3.05, 3.63) is 64.3 Å². The van der Waals surface area contributed by atoms with Crippen molar-refractivity contribution in [3.8, 4) is 0 Å². The minimum atomic E-state index is 0.683. The highest BCUT2D eigenvalue weighted by Gasteiger charge is 2.08. The number of aryl methyl sites for hydroxylation is 1. The van der Waals surface area contributed by atoms with Crippen LogP contribution in [0, 0.1) is 6.92 Å². The lowest BCUT2D eigenvalue weighted by molar-refractivity contribution is 1.36. The Morgan fingerprint density at radius 2 is 1.70 bits per heavy atom. The Morgan fingerprint density at radius 3 is 2.50 bits per heavy atom. The fourth-order valence-corrected chi connectivity index (χ4v) is 2.49. The number of rotatable bonds is 2. The van der Waals surface area contributed by atoms with Crippen molar-refractivity contribution in [3.63, 3.8) is 0 Å². The molecule has 0 aliphatic rings. The molecule has 0 fully saturated rings. The van der Waals surface area contributed by atoms with Gasteiger partial charge in [0.25, 0.3) is 0 Å². The monoisotopic (exact) mass is 302 g/mol. The van der Waals surface area contributed by atoms with Crippen molar-refractivity contribution in [1.82, 2.24) is 4.98 Å². The van der Waals surface area contributed by atoms with Crippen LogP contribution in [0.4, 0.5) is 11.4 Å². The van der Waals surface area contributed by atoms with Crippen molar-refractivity contribution in [2.45, 2.75) is 6.92 Å². The third-order valence-corrected chi connectivity index (χ3v) is 3.98. The van der Waals surface area contributed by atoms with E-state index < -0.39 is 0 Å². The number of benzene rings is 2. The van der Waals surface area contributed by atoms with Crippen LogP contribution in [0.5, 0.6) is 0 Å². The van der Waals surface area contributed by atoms with E-state index in [9.17, 15) is 0 Å². The zero-order chi connectivity index (χ0) is 14.1. The molecule has 0 unspecified atom stereocenters. The summed E-state index contributed by atoms with van der Waals surface area (Å²) in [5, 5.41) is 5.77. The number of nitrogens with zero attached hydrogens (tertiary/aromatic N) is 1. The average Bonchev–Trinajstić information content (AvgIpc) is 2.46. The molecule has 0 saturated heterocycles. The molecule has 0 radical (unpaired) electrons. The van der Waals surface area contributed by atoms with E-state index in [0.717, 1.165) is 32.9 Å². The van der Waals surface area contributed by atoms with Crippen molar-refractivity contribution < 1.29 is 0 Å². The van der Waals surface area contributed by atoms with Crippen LogP contribution in [0.15, 0.2) is 48.7 Å². The quantitative estimate of drug-likeness (QED) is 0.667. The smallest absolute Gasteiger partial charge is 0.0766 e. The molecule has 3 aromatic rings. The Balaban J connectivity index is 2.13. The minimum Gasteiger partial charge on any atom is -0.354 e. The Labute approximate surface area is 127 Å². The van der Waals surface area contributed by atoms with Gasteiger partial charge in [0, 0.05) is 22.3 Å². The predicted molar refractivity (Wildman–Crippen MR) is 86.2 cm³/mol. The van der Waals surface area contributed by atoms with Crippen molar-refractivity contribution in [2.75, 3.05) is 5.32 Å². The number of pyridine rings is 1. The molecule has 1 aromatic heterocycles. The van der Waals surface area contributed by atoms with Gasteiger partial charge >= 0.3 is 0 Å². The molecular formula is C16H12Cl2N2. The van der Waals surface area contributed by atoms with E-state index in [1.54, 1.807) is 6.20 Å². The summed E-state index contributed by atoms with van der Waals surface area (Å²) in [4.78, 5) is 4.41. The second-order valence-corrected chi connectivity index (χ2v) is 5.35. The van der Waals surface area contributed by atoms with Crippen LogP contribution >= 0.6 is 23.2 Å². The van der Waals surface area contributed by atoms with E-state index in [2.05, 4.69) is 10.3 Å². The van der Waals surface area contributed by atoms with Crippen molar-refractivity contribution >= 4 is 45.5 Å². The fraction of sp³-hybridized carbons (Fsp3) is 0.0625. The van der Waals surface area contributed by atoms with Crippen LogP contribution in [0.3, 0.4) is 0 Å². The third-order valence-electron chi connectivity index (χ3n) is 3.24. The molecule has 0 aliphatic carbocycles. The molecule has 1 N–H and O–H groups in total. The molecular weight excluding hydrogens is 291 g/mol. The molecule has 3 rings (SSSR count). The molecule has 2 nitrogen and oxygen atoms in total. The van der Waals surface area contributed by atoms with Gasteiger partial charge in [-0.15, -0.1) is 0 Å². The van der Waals surface area contributed by atoms with E-state index in [-0.39, 0.29) is 0 Å². The van der Waals surface area contributed by atoms with Gasteiger partial charge in [-0.05, 0) is 42.8 Å². The number of anilines is 2. The van der Waals surface area contributed by atoms with Crippen LogP contribution in [-0.4, -0.2) is 4.98 Å². The Hall–Kier alpha value is -1.77. The Kier molecular flexibility index (Phi) is 3.51. The van der Waals surface area contributed by atoms with Crippen molar-refractivity contribution in [2.24, 2.45) is 0 Å². The molecule has 0 spiro atoms. The second kappa shape index (κ2) is 5.31.